The van der Waals surface area contributed by atoms with E-state index in [9.17, 15) is 13.2 Å². The molecule has 5 rings (SSSR count). The minimum absolute atomic E-state index is 0.0259. The summed E-state index contributed by atoms with van der Waals surface area (Å²) in [7, 11) is 0. The summed E-state index contributed by atoms with van der Waals surface area (Å²) in [6.45, 7) is 6.30. The molecule has 4 nitrogen and oxygen atoms in total. The molecule has 0 saturated carbocycles. The van der Waals surface area contributed by atoms with Crippen molar-refractivity contribution in [3.63, 3.8) is 0 Å². The van der Waals surface area contributed by atoms with Crippen molar-refractivity contribution in [2.75, 3.05) is 6.61 Å². The second-order valence-electron chi connectivity index (χ2n) is 9.85. The highest BCUT2D eigenvalue weighted by molar-refractivity contribution is 7.10. The van der Waals surface area contributed by atoms with Crippen LogP contribution in [0.5, 0.6) is 5.75 Å². The fourth-order valence-electron chi connectivity index (χ4n) is 4.46. The standard InChI is InChI=1S/C29H27F3N2O2S/c1-27(2)34-28(3,18-36-27)26-33-24(17-37-26)22-13-14-25(23(15-22)29(30,31)32)35-16-19-9-11-21(12-10-19)20-7-5-4-6-8-20/h4-15,17,34H,16,18H2,1-3H3/t28-/m0/s1. The Kier molecular flexibility index (Phi) is 6.60. The molecule has 0 unspecified atom stereocenters. The molecule has 1 fully saturated rings. The first kappa shape index (κ1) is 25.4. The highest BCUT2D eigenvalue weighted by atomic mass is 32.1. The largest absolute Gasteiger partial charge is 0.488 e. The van der Waals surface area contributed by atoms with Crippen molar-refractivity contribution in [3.05, 3.63) is 94.3 Å². The molecule has 0 aliphatic carbocycles. The highest BCUT2D eigenvalue weighted by Gasteiger charge is 2.43. The van der Waals surface area contributed by atoms with E-state index in [0.717, 1.165) is 27.8 Å². The number of rotatable bonds is 6. The summed E-state index contributed by atoms with van der Waals surface area (Å²) in [6.07, 6.45) is -4.57. The molecule has 4 aromatic rings. The molecule has 0 spiro atoms. The van der Waals surface area contributed by atoms with Gasteiger partial charge in [0.15, 0.2) is 0 Å². The average Bonchev–Trinajstić information content (AvgIpc) is 3.48. The van der Waals surface area contributed by atoms with Crippen LogP contribution in [0.15, 0.2) is 78.2 Å². The van der Waals surface area contributed by atoms with Gasteiger partial charge in [-0.15, -0.1) is 11.3 Å². The number of alkyl halides is 3. The van der Waals surface area contributed by atoms with Crippen LogP contribution in [-0.2, 0) is 23.1 Å². The van der Waals surface area contributed by atoms with Gasteiger partial charge in [-0.2, -0.15) is 13.2 Å². The first-order chi connectivity index (χ1) is 17.5. The predicted molar refractivity (Wildman–Crippen MR) is 139 cm³/mol. The minimum atomic E-state index is -4.57. The van der Waals surface area contributed by atoms with Crippen molar-refractivity contribution in [3.8, 4) is 28.1 Å². The molecule has 192 valence electrons. The Morgan fingerprint density at radius 3 is 2.27 bits per heavy atom. The fourth-order valence-corrected chi connectivity index (χ4v) is 5.39. The molecule has 1 aromatic heterocycles. The van der Waals surface area contributed by atoms with E-state index in [1.54, 1.807) is 11.4 Å². The van der Waals surface area contributed by atoms with Gasteiger partial charge in [0.05, 0.1) is 23.4 Å². The third kappa shape index (κ3) is 5.56. The zero-order valence-electron chi connectivity index (χ0n) is 20.7. The number of halogens is 3. The third-order valence-electron chi connectivity index (χ3n) is 6.31. The van der Waals surface area contributed by atoms with Crippen LogP contribution in [0.25, 0.3) is 22.4 Å². The Morgan fingerprint density at radius 1 is 0.946 bits per heavy atom. The van der Waals surface area contributed by atoms with Crippen LogP contribution in [0.1, 0.15) is 36.9 Å². The van der Waals surface area contributed by atoms with Crippen molar-refractivity contribution in [2.24, 2.45) is 0 Å². The number of aromatic nitrogens is 1. The maximum Gasteiger partial charge on any atom is 0.419 e. The lowest BCUT2D eigenvalue weighted by Gasteiger charge is -2.24. The van der Waals surface area contributed by atoms with E-state index in [-0.39, 0.29) is 12.4 Å². The van der Waals surface area contributed by atoms with Gasteiger partial charge in [-0.25, -0.2) is 4.98 Å². The quantitative estimate of drug-likeness (QED) is 0.281. The van der Waals surface area contributed by atoms with E-state index in [1.807, 2.05) is 75.4 Å². The van der Waals surface area contributed by atoms with Crippen molar-refractivity contribution in [1.29, 1.82) is 0 Å². The molecule has 0 radical (unpaired) electrons. The van der Waals surface area contributed by atoms with E-state index in [0.29, 0.717) is 17.9 Å². The van der Waals surface area contributed by atoms with Crippen LogP contribution >= 0.6 is 11.3 Å². The molecule has 8 heteroatoms. The average molecular weight is 525 g/mol. The highest BCUT2D eigenvalue weighted by Crippen LogP contribution is 2.40. The second-order valence-corrected chi connectivity index (χ2v) is 10.7. The topological polar surface area (TPSA) is 43.4 Å². The second kappa shape index (κ2) is 9.59. The van der Waals surface area contributed by atoms with Gasteiger partial charge in [0.1, 0.15) is 23.1 Å². The molecule has 0 amide bonds. The summed E-state index contributed by atoms with van der Waals surface area (Å²) >= 11 is 1.40. The number of hydrogen-bond donors (Lipinski definition) is 1. The minimum Gasteiger partial charge on any atom is -0.488 e. The molecular formula is C29H27F3N2O2S. The lowest BCUT2D eigenvalue weighted by molar-refractivity contribution is -0.139. The SMILES string of the molecule is CC1(C)N[C@](C)(c2nc(-c3ccc(OCc4ccc(-c5ccccc5)cc4)c(C(F)(F)F)c3)cs2)CO1. The third-order valence-corrected chi connectivity index (χ3v) is 7.42. The fraction of sp³-hybridized carbons (Fsp3) is 0.276. The van der Waals surface area contributed by atoms with E-state index in [4.69, 9.17) is 9.47 Å². The molecule has 1 saturated heterocycles. The molecular weight excluding hydrogens is 497 g/mol. The van der Waals surface area contributed by atoms with Crippen LogP contribution in [0, 0.1) is 0 Å². The zero-order valence-corrected chi connectivity index (χ0v) is 21.5. The van der Waals surface area contributed by atoms with Crippen molar-refractivity contribution in [2.45, 2.75) is 44.8 Å². The lowest BCUT2D eigenvalue weighted by atomic mass is 10.0. The number of ether oxygens (including phenoxy) is 2. The molecule has 0 bridgehead atoms. The smallest absolute Gasteiger partial charge is 0.419 e. The van der Waals surface area contributed by atoms with Crippen LogP contribution in [0.2, 0.25) is 0 Å². The normalized spacial score (nSPS) is 19.2. The number of thiazole rings is 1. The molecule has 1 N–H and O–H groups in total. The maximum absolute atomic E-state index is 14.0. The number of nitrogens with zero attached hydrogens (tertiary/aromatic N) is 1. The molecule has 37 heavy (non-hydrogen) atoms. The summed E-state index contributed by atoms with van der Waals surface area (Å²) in [5.74, 6) is -0.210. The van der Waals surface area contributed by atoms with Gasteiger partial charge in [0, 0.05) is 10.9 Å². The van der Waals surface area contributed by atoms with E-state index >= 15 is 0 Å². The molecule has 1 atom stereocenters. The number of benzene rings is 3. The van der Waals surface area contributed by atoms with E-state index < -0.39 is 23.0 Å². The van der Waals surface area contributed by atoms with E-state index in [2.05, 4.69) is 10.3 Å². The van der Waals surface area contributed by atoms with Crippen LogP contribution in [-0.4, -0.2) is 17.3 Å². The van der Waals surface area contributed by atoms with Gasteiger partial charge in [-0.05, 0) is 55.7 Å². The molecule has 3 aromatic carbocycles. The first-order valence-corrected chi connectivity index (χ1v) is 12.8. The van der Waals surface area contributed by atoms with Crippen LogP contribution in [0.3, 0.4) is 0 Å². The maximum atomic E-state index is 14.0. The van der Waals surface area contributed by atoms with Crippen molar-refractivity contribution < 1.29 is 22.6 Å². The number of hydrogen-bond acceptors (Lipinski definition) is 5. The summed E-state index contributed by atoms with van der Waals surface area (Å²) in [5.41, 5.74) is 1.94. The molecule has 2 heterocycles. The Bertz CT molecular complexity index is 1380. The van der Waals surface area contributed by atoms with Crippen LogP contribution < -0.4 is 10.1 Å². The van der Waals surface area contributed by atoms with Gasteiger partial charge < -0.3 is 9.47 Å². The van der Waals surface area contributed by atoms with Gasteiger partial charge in [-0.1, -0.05) is 54.6 Å². The van der Waals surface area contributed by atoms with Gasteiger partial charge in [0.2, 0.25) is 0 Å². The van der Waals surface area contributed by atoms with Gasteiger partial charge in [0.25, 0.3) is 0 Å². The summed E-state index contributed by atoms with van der Waals surface area (Å²) in [5, 5.41) is 5.94. The van der Waals surface area contributed by atoms with Crippen LogP contribution in [0.4, 0.5) is 13.2 Å². The summed E-state index contributed by atoms with van der Waals surface area (Å²) in [6, 6.07) is 21.6. The van der Waals surface area contributed by atoms with Gasteiger partial charge >= 0.3 is 6.18 Å². The first-order valence-electron chi connectivity index (χ1n) is 11.9. The number of nitrogens with one attached hydrogen (secondary N) is 1. The van der Waals surface area contributed by atoms with Gasteiger partial charge in [-0.3, -0.25) is 5.32 Å². The molecule has 1 aliphatic rings. The van der Waals surface area contributed by atoms with Crippen molar-refractivity contribution >= 4 is 11.3 Å². The Labute approximate surface area is 218 Å². The lowest BCUT2D eigenvalue weighted by Crippen LogP contribution is -2.44. The summed E-state index contributed by atoms with van der Waals surface area (Å²) < 4.78 is 53.4. The Balaban J connectivity index is 1.35. The van der Waals surface area contributed by atoms with Crippen molar-refractivity contribution in [1.82, 2.24) is 10.3 Å². The van der Waals surface area contributed by atoms with E-state index in [1.165, 1.54) is 17.4 Å². The summed E-state index contributed by atoms with van der Waals surface area (Å²) in [4.78, 5) is 4.65. The Hall–Kier alpha value is -3.20. The molecule has 1 aliphatic heterocycles. The zero-order chi connectivity index (χ0) is 26.3. The monoisotopic (exact) mass is 524 g/mol. The Morgan fingerprint density at radius 2 is 1.62 bits per heavy atom. The predicted octanol–water partition coefficient (Wildman–Crippen LogP) is 7.65.